The van der Waals surface area contributed by atoms with E-state index in [0.717, 1.165) is 24.6 Å². The van der Waals surface area contributed by atoms with Gasteiger partial charge in [0.2, 0.25) is 0 Å². The molecule has 122 valence electrons. The molecule has 0 aliphatic heterocycles. The third-order valence-electron chi connectivity index (χ3n) is 4.25. The largest absolute Gasteiger partial charge is 0.493 e. The fourth-order valence-electron chi connectivity index (χ4n) is 3.10. The number of pyridine rings is 1. The Morgan fingerprint density at radius 3 is 2.74 bits per heavy atom. The first-order valence-electron chi connectivity index (χ1n) is 8.62. The molecule has 0 fully saturated rings. The van der Waals surface area contributed by atoms with Crippen LogP contribution in [-0.4, -0.2) is 16.2 Å². The van der Waals surface area contributed by atoms with Gasteiger partial charge in [-0.25, -0.2) is 0 Å². The van der Waals surface area contributed by atoms with Crippen molar-refractivity contribution in [1.29, 1.82) is 0 Å². The SMILES string of the molecule is CCCCn1c2cc(OCC(C)C)ccc2c2ccnc(C)c21. The summed E-state index contributed by atoms with van der Waals surface area (Å²) >= 11 is 0. The van der Waals surface area contributed by atoms with Gasteiger partial charge in [0.05, 0.1) is 23.3 Å². The Bertz CT molecular complexity index is 817. The Kier molecular flexibility index (Phi) is 4.56. The van der Waals surface area contributed by atoms with Gasteiger partial charge in [0.25, 0.3) is 0 Å². The van der Waals surface area contributed by atoms with Gasteiger partial charge >= 0.3 is 0 Å². The minimum Gasteiger partial charge on any atom is -0.493 e. The van der Waals surface area contributed by atoms with Crippen molar-refractivity contribution in [2.45, 2.75) is 47.1 Å². The molecule has 3 aromatic rings. The molecule has 0 amide bonds. The van der Waals surface area contributed by atoms with Crippen molar-refractivity contribution in [1.82, 2.24) is 9.55 Å². The van der Waals surface area contributed by atoms with Crippen LogP contribution in [0.1, 0.15) is 39.3 Å². The molecule has 0 N–H and O–H groups in total. The second-order valence-corrected chi connectivity index (χ2v) is 6.68. The Morgan fingerprint density at radius 2 is 2.00 bits per heavy atom. The fourth-order valence-corrected chi connectivity index (χ4v) is 3.10. The highest BCUT2D eigenvalue weighted by molar-refractivity contribution is 6.09. The molecule has 0 bridgehead atoms. The molecule has 3 heteroatoms. The lowest BCUT2D eigenvalue weighted by Crippen LogP contribution is -2.04. The third kappa shape index (κ3) is 3.05. The zero-order valence-corrected chi connectivity index (χ0v) is 14.6. The van der Waals surface area contributed by atoms with E-state index in [-0.39, 0.29) is 0 Å². The molecular formula is C20H26N2O. The Labute approximate surface area is 138 Å². The number of ether oxygens (including phenoxy) is 1. The highest BCUT2D eigenvalue weighted by atomic mass is 16.5. The Balaban J connectivity index is 2.16. The van der Waals surface area contributed by atoms with E-state index in [0.29, 0.717) is 5.92 Å². The summed E-state index contributed by atoms with van der Waals surface area (Å²) in [6, 6.07) is 8.59. The van der Waals surface area contributed by atoms with Crippen molar-refractivity contribution in [3.63, 3.8) is 0 Å². The smallest absolute Gasteiger partial charge is 0.121 e. The van der Waals surface area contributed by atoms with Gasteiger partial charge in [0, 0.05) is 29.6 Å². The summed E-state index contributed by atoms with van der Waals surface area (Å²) in [4.78, 5) is 4.50. The minimum absolute atomic E-state index is 0.531. The van der Waals surface area contributed by atoms with Crippen molar-refractivity contribution in [3.8, 4) is 5.75 Å². The average molecular weight is 310 g/mol. The number of nitrogens with zero attached hydrogens (tertiary/aromatic N) is 2. The molecule has 0 radical (unpaired) electrons. The van der Waals surface area contributed by atoms with Gasteiger partial charge in [-0.3, -0.25) is 4.98 Å². The van der Waals surface area contributed by atoms with E-state index in [4.69, 9.17) is 4.74 Å². The Morgan fingerprint density at radius 1 is 1.17 bits per heavy atom. The van der Waals surface area contributed by atoms with Crippen LogP contribution in [0.2, 0.25) is 0 Å². The summed E-state index contributed by atoms with van der Waals surface area (Å²) < 4.78 is 8.35. The first-order valence-corrected chi connectivity index (χ1v) is 8.62. The van der Waals surface area contributed by atoms with Crippen LogP contribution in [0.25, 0.3) is 21.8 Å². The topological polar surface area (TPSA) is 27.1 Å². The number of aryl methyl sites for hydroxylation is 2. The van der Waals surface area contributed by atoms with Crippen LogP contribution in [0.4, 0.5) is 0 Å². The van der Waals surface area contributed by atoms with Gasteiger partial charge < -0.3 is 9.30 Å². The lowest BCUT2D eigenvalue weighted by atomic mass is 10.1. The molecular weight excluding hydrogens is 284 g/mol. The standard InChI is InChI=1S/C20H26N2O/c1-5-6-11-22-19-12-16(23-13-14(2)3)7-8-17(19)18-9-10-21-15(4)20(18)22/h7-10,12,14H,5-6,11,13H2,1-4H3. The van der Waals surface area contributed by atoms with Crippen molar-refractivity contribution in [2.75, 3.05) is 6.61 Å². The van der Waals surface area contributed by atoms with Crippen LogP contribution >= 0.6 is 0 Å². The number of hydrogen-bond acceptors (Lipinski definition) is 2. The molecule has 3 rings (SSSR count). The van der Waals surface area contributed by atoms with Crippen LogP contribution in [0.5, 0.6) is 5.75 Å². The molecule has 2 aromatic heterocycles. The monoisotopic (exact) mass is 310 g/mol. The van der Waals surface area contributed by atoms with E-state index < -0.39 is 0 Å². The molecule has 3 nitrogen and oxygen atoms in total. The molecule has 1 aromatic carbocycles. The predicted molar refractivity (Wildman–Crippen MR) is 97.2 cm³/mol. The van der Waals surface area contributed by atoms with E-state index >= 15 is 0 Å². The summed E-state index contributed by atoms with van der Waals surface area (Å²) in [7, 11) is 0. The van der Waals surface area contributed by atoms with Crippen molar-refractivity contribution in [3.05, 3.63) is 36.2 Å². The van der Waals surface area contributed by atoms with E-state index in [1.807, 2.05) is 6.20 Å². The van der Waals surface area contributed by atoms with Gasteiger partial charge in [-0.2, -0.15) is 0 Å². The van der Waals surface area contributed by atoms with Gasteiger partial charge in [0.15, 0.2) is 0 Å². The first-order chi connectivity index (χ1) is 11.1. The van der Waals surface area contributed by atoms with Gasteiger partial charge in [-0.05, 0) is 37.5 Å². The van der Waals surface area contributed by atoms with Gasteiger partial charge in [-0.1, -0.05) is 27.2 Å². The van der Waals surface area contributed by atoms with Crippen LogP contribution in [-0.2, 0) is 6.54 Å². The fraction of sp³-hybridized carbons (Fsp3) is 0.450. The number of aromatic nitrogens is 2. The van der Waals surface area contributed by atoms with Crippen LogP contribution in [0.3, 0.4) is 0 Å². The number of fused-ring (bicyclic) bond motifs is 3. The van der Waals surface area contributed by atoms with E-state index in [2.05, 4.69) is 61.5 Å². The molecule has 0 spiro atoms. The van der Waals surface area contributed by atoms with Crippen LogP contribution in [0.15, 0.2) is 30.5 Å². The number of hydrogen-bond donors (Lipinski definition) is 0. The molecule has 0 atom stereocenters. The lowest BCUT2D eigenvalue weighted by Gasteiger charge is -2.11. The average Bonchev–Trinajstić information content (AvgIpc) is 2.85. The highest BCUT2D eigenvalue weighted by Crippen LogP contribution is 2.33. The first kappa shape index (κ1) is 15.9. The molecule has 23 heavy (non-hydrogen) atoms. The Hall–Kier alpha value is -2.03. The summed E-state index contributed by atoms with van der Waals surface area (Å²) in [5.74, 6) is 1.49. The summed E-state index contributed by atoms with van der Waals surface area (Å²) in [6.45, 7) is 10.4. The number of benzene rings is 1. The maximum absolute atomic E-state index is 5.93. The van der Waals surface area contributed by atoms with Crippen molar-refractivity contribution in [2.24, 2.45) is 5.92 Å². The zero-order valence-electron chi connectivity index (χ0n) is 14.6. The predicted octanol–water partition coefficient (Wildman–Crippen LogP) is 5.33. The normalized spacial score (nSPS) is 11.7. The second-order valence-electron chi connectivity index (χ2n) is 6.68. The minimum atomic E-state index is 0.531. The number of rotatable bonds is 6. The summed E-state index contributed by atoms with van der Waals surface area (Å²) in [6.07, 6.45) is 4.26. The maximum atomic E-state index is 5.93. The van der Waals surface area contributed by atoms with Crippen molar-refractivity contribution >= 4 is 21.8 Å². The molecule has 2 heterocycles. The summed E-state index contributed by atoms with van der Waals surface area (Å²) in [5, 5.41) is 2.58. The molecule has 0 aliphatic carbocycles. The highest BCUT2D eigenvalue weighted by Gasteiger charge is 2.13. The van der Waals surface area contributed by atoms with Crippen LogP contribution in [0, 0.1) is 12.8 Å². The van der Waals surface area contributed by atoms with E-state index in [9.17, 15) is 0 Å². The molecule has 0 unspecified atom stereocenters. The van der Waals surface area contributed by atoms with Crippen molar-refractivity contribution < 1.29 is 4.74 Å². The summed E-state index contributed by atoms with van der Waals surface area (Å²) in [5.41, 5.74) is 3.61. The molecule has 0 saturated carbocycles. The number of unbranched alkanes of at least 4 members (excludes halogenated alkanes) is 1. The van der Waals surface area contributed by atoms with Gasteiger partial charge in [0.1, 0.15) is 5.75 Å². The molecule has 0 saturated heterocycles. The second kappa shape index (κ2) is 6.61. The maximum Gasteiger partial charge on any atom is 0.121 e. The molecule has 0 aliphatic rings. The zero-order chi connectivity index (χ0) is 16.4. The van der Waals surface area contributed by atoms with Crippen LogP contribution < -0.4 is 4.74 Å². The van der Waals surface area contributed by atoms with E-state index in [1.165, 1.54) is 34.6 Å². The van der Waals surface area contributed by atoms with Gasteiger partial charge in [-0.15, -0.1) is 0 Å². The lowest BCUT2D eigenvalue weighted by molar-refractivity contribution is 0.271. The quantitative estimate of drug-likeness (QED) is 0.615. The van der Waals surface area contributed by atoms with E-state index in [1.54, 1.807) is 0 Å². The third-order valence-corrected chi connectivity index (χ3v) is 4.25.